The Labute approximate surface area is 112 Å². The largest absolute Gasteiger partial charge is 0.370 e. The van der Waals surface area contributed by atoms with Gasteiger partial charge in [0, 0.05) is 11.8 Å². The zero-order valence-electron chi connectivity index (χ0n) is 10.3. The molecule has 19 heavy (non-hydrogen) atoms. The van der Waals surface area contributed by atoms with Gasteiger partial charge < -0.3 is 5.73 Å². The molecule has 0 saturated carbocycles. The molecule has 0 aromatic carbocycles. The molecule has 0 aliphatic heterocycles. The van der Waals surface area contributed by atoms with Crippen LogP contribution in [0.4, 0.5) is 0 Å². The molecule has 7 heteroatoms. The summed E-state index contributed by atoms with van der Waals surface area (Å²) < 4.78 is 3.15. The number of fused-ring (bicyclic) bond motifs is 3. The average Bonchev–Trinajstić information content (AvgIpc) is 2.91. The van der Waals surface area contributed by atoms with Crippen molar-refractivity contribution in [2.75, 3.05) is 0 Å². The van der Waals surface area contributed by atoms with E-state index in [1.807, 2.05) is 28.8 Å². The summed E-state index contributed by atoms with van der Waals surface area (Å²) in [5.41, 5.74) is 5.48. The number of thiophene rings is 1. The van der Waals surface area contributed by atoms with Crippen LogP contribution in [0.3, 0.4) is 0 Å². The maximum atomic E-state index is 12.3. The lowest BCUT2D eigenvalue weighted by atomic mass is 10.4. The van der Waals surface area contributed by atoms with E-state index in [1.54, 1.807) is 11.3 Å². The Morgan fingerprint density at radius 3 is 3.05 bits per heavy atom. The minimum Gasteiger partial charge on any atom is -0.370 e. The minimum absolute atomic E-state index is 0.109. The first kappa shape index (κ1) is 11.9. The highest BCUT2D eigenvalue weighted by atomic mass is 32.1. The van der Waals surface area contributed by atoms with Crippen molar-refractivity contribution in [1.29, 1.82) is 0 Å². The summed E-state index contributed by atoms with van der Waals surface area (Å²) in [5, 5.41) is 7.25. The van der Waals surface area contributed by atoms with E-state index in [0.717, 1.165) is 16.0 Å². The summed E-state index contributed by atoms with van der Waals surface area (Å²) in [6.45, 7) is 2.05. The van der Waals surface area contributed by atoms with Gasteiger partial charge in [-0.15, -0.1) is 11.3 Å². The molecule has 3 aromatic heterocycles. The van der Waals surface area contributed by atoms with Crippen molar-refractivity contribution in [3.8, 4) is 0 Å². The van der Waals surface area contributed by atoms with E-state index in [4.69, 9.17) is 5.73 Å². The Morgan fingerprint density at radius 2 is 2.32 bits per heavy atom. The molecular weight excluding hydrogens is 264 g/mol. The van der Waals surface area contributed by atoms with E-state index in [9.17, 15) is 9.59 Å². The number of carbonyl (C=O) groups is 1. The SMILES string of the molecule is Cc1nn(CCC(N)=O)c(=O)c2cc3ccsc3n12. The summed E-state index contributed by atoms with van der Waals surface area (Å²) in [5.74, 6) is 0.277. The number of nitrogens with zero attached hydrogens (tertiary/aromatic N) is 3. The Bertz CT molecular complexity index is 843. The number of aromatic nitrogens is 3. The Morgan fingerprint density at radius 1 is 1.53 bits per heavy atom. The number of primary amides is 1. The first-order valence-electron chi connectivity index (χ1n) is 5.82. The summed E-state index contributed by atoms with van der Waals surface area (Å²) in [4.78, 5) is 24.1. The summed E-state index contributed by atoms with van der Waals surface area (Å²) >= 11 is 1.57. The number of hydrogen-bond acceptors (Lipinski definition) is 4. The van der Waals surface area contributed by atoms with Gasteiger partial charge in [-0.2, -0.15) is 5.10 Å². The predicted octanol–water partition coefficient (Wildman–Crippen LogP) is 0.895. The van der Waals surface area contributed by atoms with Crippen molar-refractivity contribution in [3.63, 3.8) is 0 Å². The summed E-state index contributed by atoms with van der Waals surface area (Å²) in [6.07, 6.45) is 0.109. The van der Waals surface area contributed by atoms with Crippen LogP contribution in [0.25, 0.3) is 15.7 Å². The van der Waals surface area contributed by atoms with Gasteiger partial charge in [0.1, 0.15) is 16.2 Å². The molecule has 3 heterocycles. The van der Waals surface area contributed by atoms with Gasteiger partial charge in [-0.05, 0) is 24.4 Å². The molecule has 0 atom stereocenters. The smallest absolute Gasteiger partial charge is 0.291 e. The molecule has 2 N–H and O–H groups in total. The van der Waals surface area contributed by atoms with E-state index in [-0.39, 0.29) is 18.5 Å². The second-order valence-electron chi connectivity index (χ2n) is 4.34. The van der Waals surface area contributed by atoms with Gasteiger partial charge in [0.25, 0.3) is 5.56 Å². The van der Waals surface area contributed by atoms with Gasteiger partial charge in [-0.25, -0.2) is 4.68 Å². The van der Waals surface area contributed by atoms with E-state index < -0.39 is 5.91 Å². The van der Waals surface area contributed by atoms with Crippen molar-refractivity contribution >= 4 is 33.0 Å². The number of hydrogen-bond donors (Lipinski definition) is 1. The second-order valence-corrected chi connectivity index (χ2v) is 5.23. The third kappa shape index (κ3) is 1.82. The van der Waals surface area contributed by atoms with Gasteiger partial charge in [0.15, 0.2) is 0 Å². The van der Waals surface area contributed by atoms with E-state index in [0.29, 0.717) is 5.52 Å². The fraction of sp³-hybridized carbons (Fsp3) is 0.250. The van der Waals surface area contributed by atoms with Crippen molar-refractivity contribution < 1.29 is 4.79 Å². The van der Waals surface area contributed by atoms with Crippen molar-refractivity contribution in [1.82, 2.24) is 14.2 Å². The van der Waals surface area contributed by atoms with Gasteiger partial charge in [-0.1, -0.05) is 0 Å². The molecule has 3 aromatic rings. The van der Waals surface area contributed by atoms with Crippen LogP contribution in [0.2, 0.25) is 0 Å². The average molecular weight is 276 g/mol. The Hall–Kier alpha value is -2.15. The number of nitrogens with two attached hydrogens (primary N) is 1. The molecular formula is C12H12N4O2S. The molecule has 0 aliphatic rings. The molecule has 0 unspecified atom stereocenters. The predicted molar refractivity (Wildman–Crippen MR) is 73.4 cm³/mol. The zero-order valence-corrected chi connectivity index (χ0v) is 11.1. The molecule has 98 valence electrons. The summed E-state index contributed by atoms with van der Waals surface area (Å²) in [7, 11) is 0. The van der Waals surface area contributed by atoms with Crippen LogP contribution >= 0.6 is 11.3 Å². The van der Waals surface area contributed by atoms with Gasteiger partial charge >= 0.3 is 0 Å². The topological polar surface area (TPSA) is 82.4 Å². The molecule has 1 amide bonds. The highest BCUT2D eigenvalue weighted by Crippen LogP contribution is 2.24. The fourth-order valence-corrected chi connectivity index (χ4v) is 3.11. The van der Waals surface area contributed by atoms with Crippen LogP contribution in [0, 0.1) is 6.92 Å². The molecule has 0 fully saturated rings. The standard InChI is InChI=1S/C12H12N4O2S/c1-7-14-15(4-2-10(13)17)11(18)9-6-8-3-5-19-12(8)16(7)9/h3,5-6H,2,4H2,1H3,(H2,13,17). The third-order valence-electron chi connectivity index (χ3n) is 3.02. The number of rotatable bonds is 3. The highest BCUT2D eigenvalue weighted by Gasteiger charge is 2.13. The molecule has 0 bridgehead atoms. The van der Waals surface area contributed by atoms with Crippen molar-refractivity contribution in [2.45, 2.75) is 19.9 Å². The van der Waals surface area contributed by atoms with Crippen LogP contribution in [0.5, 0.6) is 0 Å². The van der Waals surface area contributed by atoms with Gasteiger partial charge in [0.05, 0.1) is 6.54 Å². The number of carbonyl (C=O) groups excluding carboxylic acids is 1. The van der Waals surface area contributed by atoms with Crippen LogP contribution in [-0.4, -0.2) is 20.1 Å². The normalized spacial score (nSPS) is 11.4. The highest BCUT2D eigenvalue weighted by molar-refractivity contribution is 7.16. The quantitative estimate of drug-likeness (QED) is 0.771. The first-order chi connectivity index (χ1) is 9.08. The lowest BCUT2D eigenvalue weighted by Crippen LogP contribution is -2.28. The second kappa shape index (κ2) is 4.20. The van der Waals surface area contributed by atoms with Crippen LogP contribution in [-0.2, 0) is 11.3 Å². The van der Waals surface area contributed by atoms with E-state index in [1.165, 1.54) is 4.68 Å². The van der Waals surface area contributed by atoms with Crippen LogP contribution in [0.15, 0.2) is 22.3 Å². The first-order valence-corrected chi connectivity index (χ1v) is 6.70. The van der Waals surface area contributed by atoms with Crippen molar-refractivity contribution in [2.24, 2.45) is 5.73 Å². The van der Waals surface area contributed by atoms with Gasteiger partial charge in [-0.3, -0.25) is 14.0 Å². The van der Waals surface area contributed by atoms with Crippen LogP contribution in [0.1, 0.15) is 12.2 Å². The van der Waals surface area contributed by atoms with E-state index in [2.05, 4.69) is 5.10 Å². The van der Waals surface area contributed by atoms with Gasteiger partial charge in [0.2, 0.25) is 5.91 Å². The lowest BCUT2D eigenvalue weighted by molar-refractivity contribution is -0.118. The Balaban J connectivity index is 2.24. The molecule has 6 nitrogen and oxygen atoms in total. The molecule has 3 rings (SSSR count). The maximum absolute atomic E-state index is 12.3. The van der Waals surface area contributed by atoms with Crippen LogP contribution < -0.4 is 11.3 Å². The number of amides is 1. The third-order valence-corrected chi connectivity index (χ3v) is 3.94. The van der Waals surface area contributed by atoms with Crippen molar-refractivity contribution in [3.05, 3.63) is 33.7 Å². The Kier molecular flexibility index (Phi) is 2.63. The van der Waals surface area contributed by atoms with E-state index >= 15 is 0 Å². The zero-order chi connectivity index (χ0) is 13.6. The summed E-state index contributed by atoms with van der Waals surface area (Å²) in [6, 6.07) is 3.82. The lowest BCUT2D eigenvalue weighted by Gasteiger charge is -2.07. The maximum Gasteiger partial charge on any atom is 0.291 e. The fourth-order valence-electron chi connectivity index (χ4n) is 2.17. The molecule has 0 aliphatic carbocycles. The molecule has 0 saturated heterocycles. The minimum atomic E-state index is -0.442. The molecule has 0 radical (unpaired) electrons. The monoisotopic (exact) mass is 276 g/mol. The number of aryl methyl sites for hydroxylation is 2. The molecule has 0 spiro atoms.